The first-order chi connectivity index (χ1) is 20.9. The van der Waals surface area contributed by atoms with Crippen molar-refractivity contribution in [2.24, 2.45) is 10.8 Å². The molecule has 1 aliphatic heterocycles. The molecule has 1 amide bonds. The number of nitrogens with one attached hydrogen (secondary N) is 1. The Kier molecular flexibility index (Phi) is 9.20. The van der Waals surface area contributed by atoms with Crippen molar-refractivity contribution < 1.29 is 27.8 Å². The molecular formula is C33H33N3O6S. The third-order valence-corrected chi connectivity index (χ3v) is 9.07. The summed E-state index contributed by atoms with van der Waals surface area (Å²) in [5.74, 6) is 5.44. The largest absolute Gasteiger partial charge is 0.494 e. The van der Waals surface area contributed by atoms with Crippen molar-refractivity contribution >= 4 is 21.6 Å². The zero-order valence-electron chi connectivity index (χ0n) is 23.4. The molecule has 1 heterocycles. The Morgan fingerprint density at radius 1 is 0.884 bits per heavy atom. The number of rotatable bonds is 12. The number of nitrogens with two attached hydrogens (primary N) is 1. The lowest BCUT2D eigenvalue weighted by molar-refractivity contribution is -0.129. The summed E-state index contributed by atoms with van der Waals surface area (Å²) < 4.78 is 38.6. The molecule has 222 valence electrons. The van der Waals surface area contributed by atoms with E-state index in [1.54, 1.807) is 42.5 Å². The molecule has 10 heteroatoms. The number of amides is 1. The van der Waals surface area contributed by atoms with Crippen LogP contribution in [0.3, 0.4) is 0 Å². The lowest BCUT2D eigenvalue weighted by Crippen LogP contribution is -2.51. The molecule has 4 N–H and O–H groups in total. The topological polar surface area (TPSA) is 140 Å². The molecule has 5 rings (SSSR count). The predicted octanol–water partition coefficient (Wildman–Crippen LogP) is 4.23. The summed E-state index contributed by atoms with van der Waals surface area (Å²) in [6, 6.07) is 32.5. The van der Waals surface area contributed by atoms with Crippen LogP contribution in [-0.4, -0.2) is 49.8 Å². The van der Waals surface area contributed by atoms with E-state index in [1.807, 2.05) is 54.6 Å². The molecule has 9 nitrogen and oxygen atoms in total. The highest BCUT2D eigenvalue weighted by molar-refractivity contribution is 7.91. The van der Waals surface area contributed by atoms with Gasteiger partial charge in [-0.3, -0.25) is 10.2 Å². The summed E-state index contributed by atoms with van der Waals surface area (Å²) in [6.07, 6.45) is -0.628. The minimum absolute atomic E-state index is 0.0295. The first kappa shape index (κ1) is 30.0. The van der Waals surface area contributed by atoms with Crippen LogP contribution in [0, 0.1) is 0 Å². The number of carbonyl (C=O) groups is 1. The number of aliphatic hydroxyl groups is 1. The molecule has 0 fully saturated rings. The molecule has 43 heavy (non-hydrogen) atoms. The van der Waals surface area contributed by atoms with Gasteiger partial charge in [0.2, 0.25) is 5.90 Å². The van der Waals surface area contributed by atoms with Gasteiger partial charge in [0.1, 0.15) is 5.75 Å². The van der Waals surface area contributed by atoms with Gasteiger partial charge in [-0.25, -0.2) is 19.3 Å². The number of carbonyl (C=O) groups excluding carboxylic acids is 1. The minimum atomic E-state index is -3.75. The summed E-state index contributed by atoms with van der Waals surface area (Å²) in [6.45, 7) is 0.395. The highest BCUT2D eigenvalue weighted by Crippen LogP contribution is 2.43. The Labute approximate surface area is 250 Å². The van der Waals surface area contributed by atoms with Crippen LogP contribution in [-0.2, 0) is 19.4 Å². The molecule has 0 spiro atoms. The summed E-state index contributed by atoms with van der Waals surface area (Å²) in [5.41, 5.74) is 3.76. The van der Waals surface area contributed by atoms with Gasteiger partial charge < -0.3 is 14.6 Å². The van der Waals surface area contributed by atoms with Crippen molar-refractivity contribution in [1.29, 1.82) is 0 Å². The molecule has 4 aromatic carbocycles. The summed E-state index contributed by atoms with van der Waals surface area (Å²) in [5, 5.41) is 9.01. The van der Waals surface area contributed by atoms with E-state index in [2.05, 4.69) is 5.43 Å². The van der Waals surface area contributed by atoms with Crippen molar-refractivity contribution in [3.8, 4) is 16.9 Å². The van der Waals surface area contributed by atoms with E-state index in [4.69, 9.17) is 25.4 Å². The fourth-order valence-electron chi connectivity index (χ4n) is 5.01. The highest BCUT2D eigenvalue weighted by atomic mass is 32.2. The number of nitrogens with zero attached hydrogens (tertiary/aromatic N) is 1. The van der Waals surface area contributed by atoms with E-state index in [9.17, 15) is 13.2 Å². The average molecular weight is 600 g/mol. The third-order valence-electron chi connectivity index (χ3n) is 7.34. The molecule has 0 saturated heterocycles. The van der Waals surface area contributed by atoms with Crippen molar-refractivity contribution in [2.45, 2.75) is 29.4 Å². The Balaban J connectivity index is 1.52. The molecule has 0 unspecified atom stereocenters. The fourth-order valence-corrected chi connectivity index (χ4v) is 6.40. The first-order valence-electron chi connectivity index (χ1n) is 13.9. The van der Waals surface area contributed by atoms with Crippen LogP contribution in [0.5, 0.6) is 5.75 Å². The van der Waals surface area contributed by atoms with Crippen LogP contribution in [0.4, 0.5) is 0 Å². The molecule has 0 radical (unpaired) electrons. The molecule has 0 aromatic heterocycles. The quantitative estimate of drug-likeness (QED) is 0.0958. The second kappa shape index (κ2) is 13.2. The van der Waals surface area contributed by atoms with Crippen LogP contribution in [0.25, 0.3) is 11.1 Å². The van der Waals surface area contributed by atoms with Gasteiger partial charge in [0, 0.05) is 25.0 Å². The molecule has 0 bridgehead atoms. The van der Waals surface area contributed by atoms with Gasteiger partial charge in [-0.2, -0.15) is 0 Å². The average Bonchev–Trinajstić information content (AvgIpc) is 3.46. The van der Waals surface area contributed by atoms with Gasteiger partial charge in [0.15, 0.2) is 21.5 Å². The highest BCUT2D eigenvalue weighted by Gasteiger charge is 2.53. The van der Waals surface area contributed by atoms with Gasteiger partial charge in [-0.15, -0.1) is 0 Å². The number of hydrogen-bond donors (Lipinski definition) is 3. The van der Waals surface area contributed by atoms with Gasteiger partial charge in [-0.05, 0) is 53.1 Å². The zero-order valence-corrected chi connectivity index (χ0v) is 24.2. The van der Waals surface area contributed by atoms with Gasteiger partial charge in [0.05, 0.1) is 17.3 Å². The number of aliphatic imine (C=N–C) groups is 1. The molecular weight excluding hydrogens is 566 g/mol. The molecule has 2 atom stereocenters. The van der Waals surface area contributed by atoms with Gasteiger partial charge in [-0.1, -0.05) is 72.8 Å². The number of ether oxygens (including phenoxy) is 2. The molecule has 1 aliphatic rings. The summed E-state index contributed by atoms with van der Waals surface area (Å²) >= 11 is 0. The maximum atomic E-state index is 13.6. The smallest absolute Gasteiger partial charge is 0.266 e. The fraction of sp³-hybridized carbons (Fsp3) is 0.212. The summed E-state index contributed by atoms with van der Waals surface area (Å²) in [4.78, 5) is 18.5. The number of aliphatic hydroxyl groups excluding tert-OH is 1. The molecule has 4 aromatic rings. The maximum Gasteiger partial charge on any atom is 0.266 e. The number of sulfone groups is 1. The van der Waals surface area contributed by atoms with E-state index in [0.29, 0.717) is 29.9 Å². The minimum Gasteiger partial charge on any atom is -0.494 e. The third kappa shape index (κ3) is 6.61. The van der Waals surface area contributed by atoms with Crippen LogP contribution in [0.2, 0.25) is 0 Å². The Hall–Kier alpha value is -4.51. The molecule has 0 aliphatic carbocycles. The van der Waals surface area contributed by atoms with Crippen molar-refractivity contribution in [2.75, 3.05) is 19.0 Å². The maximum absolute atomic E-state index is 13.6. The Bertz CT molecular complexity index is 1660. The van der Waals surface area contributed by atoms with Crippen molar-refractivity contribution in [3.05, 3.63) is 120 Å². The number of hydrogen-bond acceptors (Lipinski definition) is 8. The lowest BCUT2D eigenvalue weighted by atomic mass is 9.84. The van der Waals surface area contributed by atoms with E-state index in [0.717, 1.165) is 11.1 Å². The van der Waals surface area contributed by atoms with E-state index >= 15 is 0 Å². The Morgan fingerprint density at radius 3 is 2.12 bits per heavy atom. The standard InChI is InChI=1S/C33H33N3O6S/c34-36-32(38)33(20-23-43(39,40)29-10-5-2-6-11-29)30(26-14-12-25(13-15-26)24-8-3-1-4-9-24)42-31(35-33)27-16-18-28(19-17-27)41-22-7-21-37/h1-6,8-19,30,37H,7,20-23,34H2,(H,36,38)/t30-,33-/m0/s1. The SMILES string of the molecule is NNC(=O)[C@@]1(CCS(=O)(=O)c2ccccc2)N=C(c2ccc(OCCCO)cc2)O[C@H]1c1ccc(-c2ccccc2)cc1. The van der Waals surface area contributed by atoms with Crippen LogP contribution in [0.1, 0.15) is 30.1 Å². The first-order valence-corrected chi connectivity index (χ1v) is 15.6. The summed E-state index contributed by atoms with van der Waals surface area (Å²) in [7, 11) is -3.75. The zero-order chi connectivity index (χ0) is 30.3. The van der Waals surface area contributed by atoms with Crippen molar-refractivity contribution in [3.63, 3.8) is 0 Å². The predicted molar refractivity (Wildman–Crippen MR) is 164 cm³/mol. The van der Waals surface area contributed by atoms with E-state index < -0.39 is 27.4 Å². The van der Waals surface area contributed by atoms with E-state index in [-0.39, 0.29) is 29.6 Å². The number of hydrazine groups is 1. The van der Waals surface area contributed by atoms with Crippen LogP contribution >= 0.6 is 0 Å². The van der Waals surface area contributed by atoms with Gasteiger partial charge in [0.25, 0.3) is 5.91 Å². The second-order valence-corrected chi connectivity index (χ2v) is 12.2. The second-order valence-electron chi connectivity index (χ2n) is 10.1. The van der Waals surface area contributed by atoms with E-state index in [1.165, 1.54) is 12.1 Å². The normalized spacial score (nSPS) is 18.0. The molecule has 0 saturated carbocycles. The van der Waals surface area contributed by atoms with Crippen LogP contribution < -0.4 is 16.0 Å². The van der Waals surface area contributed by atoms with Crippen molar-refractivity contribution in [1.82, 2.24) is 5.43 Å². The Morgan fingerprint density at radius 2 is 1.49 bits per heavy atom. The number of benzene rings is 4. The van der Waals surface area contributed by atoms with Gasteiger partial charge >= 0.3 is 0 Å². The lowest BCUT2D eigenvalue weighted by Gasteiger charge is -2.30. The van der Waals surface area contributed by atoms with Crippen LogP contribution in [0.15, 0.2) is 119 Å². The monoisotopic (exact) mass is 599 g/mol.